The molecule has 0 aliphatic heterocycles. The fraction of sp³-hybridized carbons (Fsp3) is 0.579. The minimum atomic E-state index is -0.772. The Hall–Kier alpha value is -1.88. The lowest BCUT2D eigenvalue weighted by molar-refractivity contribution is -0.138. The van der Waals surface area contributed by atoms with Gasteiger partial charge in [0.1, 0.15) is 0 Å². The van der Waals surface area contributed by atoms with Gasteiger partial charge in [-0.15, -0.1) is 0 Å². The third-order valence-corrected chi connectivity index (χ3v) is 3.59. The molecule has 1 atom stereocenters. The van der Waals surface area contributed by atoms with Crippen molar-refractivity contribution in [3.05, 3.63) is 35.4 Å². The van der Waals surface area contributed by atoms with E-state index in [1.165, 1.54) is 5.56 Å². The molecule has 0 heterocycles. The van der Waals surface area contributed by atoms with E-state index in [1.807, 2.05) is 24.3 Å². The highest BCUT2D eigenvalue weighted by atomic mass is 16.4. The second-order valence-electron chi connectivity index (χ2n) is 6.39. The summed E-state index contributed by atoms with van der Waals surface area (Å²) in [6.07, 6.45) is 3.95. The smallest absolute Gasteiger partial charge is 0.310 e. The monoisotopic (exact) mass is 337 g/mol. The van der Waals surface area contributed by atoms with Gasteiger partial charge in [0.2, 0.25) is 0 Å². The van der Waals surface area contributed by atoms with Crippen molar-refractivity contribution in [2.75, 3.05) is 6.54 Å². The molecular formula is C19H31NO4. The average Bonchev–Trinajstić information content (AvgIpc) is 2.51. The van der Waals surface area contributed by atoms with Gasteiger partial charge in [-0.3, -0.25) is 9.59 Å². The number of carboxylic acid groups (broad SMARTS) is 2. The maximum Gasteiger partial charge on any atom is 0.310 e. The van der Waals surface area contributed by atoms with Crippen LogP contribution in [0.2, 0.25) is 0 Å². The number of hydrogen-bond acceptors (Lipinski definition) is 3. The molecule has 0 saturated carbocycles. The fourth-order valence-electron chi connectivity index (χ4n) is 2.15. The molecule has 1 aromatic carbocycles. The van der Waals surface area contributed by atoms with Crippen LogP contribution in [-0.4, -0.2) is 28.7 Å². The summed E-state index contributed by atoms with van der Waals surface area (Å²) in [7, 11) is 0. The molecule has 0 aliphatic carbocycles. The summed E-state index contributed by atoms with van der Waals surface area (Å²) in [6, 6.07) is 7.87. The van der Waals surface area contributed by atoms with Gasteiger partial charge in [-0.25, -0.2) is 0 Å². The quantitative estimate of drug-likeness (QED) is 0.597. The van der Waals surface area contributed by atoms with Gasteiger partial charge >= 0.3 is 11.9 Å². The zero-order valence-electron chi connectivity index (χ0n) is 15.0. The molecule has 1 aromatic rings. The Morgan fingerprint density at radius 1 is 1.00 bits per heavy atom. The van der Waals surface area contributed by atoms with Gasteiger partial charge in [-0.2, -0.15) is 0 Å². The van der Waals surface area contributed by atoms with Crippen LogP contribution in [0.1, 0.15) is 63.5 Å². The molecule has 136 valence electrons. The van der Waals surface area contributed by atoms with Crippen LogP contribution in [0, 0.1) is 5.92 Å². The summed E-state index contributed by atoms with van der Waals surface area (Å²) < 4.78 is 0. The first-order chi connectivity index (χ1) is 11.3. The first kappa shape index (κ1) is 22.1. The number of carboxylic acids is 2. The summed E-state index contributed by atoms with van der Waals surface area (Å²) in [4.78, 5) is 20.7. The Kier molecular flexibility index (Phi) is 11.5. The van der Waals surface area contributed by atoms with Gasteiger partial charge in [-0.1, -0.05) is 44.5 Å². The number of benzene rings is 1. The molecule has 0 aliphatic rings. The molecule has 5 heteroatoms. The highest BCUT2D eigenvalue weighted by Crippen LogP contribution is 2.17. The number of hydrogen-bond donors (Lipinski definition) is 3. The number of carbonyl (C=O) groups is 2. The van der Waals surface area contributed by atoms with Crippen molar-refractivity contribution in [1.29, 1.82) is 0 Å². The topological polar surface area (TPSA) is 101 Å². The van der Waals surface area contributed by atoms with E-state index in [9.17, 15) is 9.59 Å². The molecule has 0 aromatic heterocycles. The van der Waals surface area contributed by atoms with E-state index in [0.29, 0.717) is 12.5 Å². The van der Waals surface area contributed by atoms with Crippen molar-refractivity contribution in [2.24, 2.45) is 11.7 Å². The van der Waals surface area contributed by atoms with Crippen LogP contribution >= 0.6 is 0 Å². The summed E-state index contributed by atoms with van der Waals surface area (Å²) >= 11 is 0. The van der Waals surface area contributed by atoms with Crippen LogP contribution in [0.4, 0.5) is 0 Å². The summed E-state index contributed by atoms with van der Waals surface area (Å²) in [5, 5.41) is 17.0. The van der Waals surface area contributed by atoms with E-state index in [2.05, 4.69) is 13.8 Å². The Morgan fingerprint density at radius 2 is 1.58 bits per heavy atom. The van der Waals surface area contributed by atoms with Crippen LogP contribution < -0.4 is 5.73 Å². The minimum Gasteiger partial charge on any atom is -0.481 e. The summed E-state index contributed by atoms with van der Waals surface area (Å²) in [5.74, 6) is -1.27. The molecular weight excluding hydrogens is 306 g/mol. The second kappa shape index (κ2) is 12.5. The first-order valence-electron chi connectivity index (χ1n) is 8.51. The maximum absolute atomic E-state index is 10.8. The molecule has 0 radical (unpaired) electrons. The normalized spacial score (nSPS) is 11.5. The highest BCUT2D eigenvalue weighted by molar-refractivity contribution is 5.75. The van der Waals surface area contributed by atoms with Crippen LogP contribution in [-0.2, 0) is 16.0 Å². The molecule has 0 fully saturated rings. The van der Waals surface area contributed by atoms with Gasteiger partial charge in [-0.05, 0) is 49.8 Å². The van der Waals surface area contributed by atoms with Gasteiger partial charge in [0.25, 0.3) is 0 Å². The SMILES string of the molecule is CC(C)Cc1ccc(C(C)C(=O)O)cc1.NCCCCCC(=O)O. The van der Waals surface area contributed by atoms with Crippen LogP contribution in [0.5, 0.6) is 0 Å². The van der Waals surface area contributed by atoms with Crippen molar-refractivity contribution in [3.8, 4) is 0 Å². The van der Waals surface area contributed by atoms with Crippen LogP contribution in [0.25, 0.3) is 0 Å². The predicted molar refractivity (Wildman–Crippen MR) is 96.2 cm³/mol. The minimum absolute atomic E-state index is 0.278. The lowest BCUT2D eigenvalue weighted by atomic mass is 9.97. The second-order valence-corrected chi connectivity index (χ2v) is 6.39. The fourth-order valence-corrected chi connectivity index (χ4v) is 2.15. The van der Waals surface area contributed by atoms with Crippen molar-refractivity contribution >= 4 is 11.9 Å². The third-order valence-electron chi connectivity index (χ3n) is 3.59. The van der Waals surface area contributed by atoms with Crippen molar-refractivity contribution in [2.45, 2.75) is 58.8 Å². The average molecular weight is 337 g/mol. The number of rotatable bonds is 9. The van der Waals surface area contributed by atoms with E-state index in [0.717, 1.165) is 31.2 Å². The van der Waals surface area contributed by atoms with Gasteiger partial charge in [0, 0.05) is 6.42 Å². The third kappa shape index (κ3) is 10.8. The van der Waals surface area contributed by atoms with Gasteiger partial charge in [0.05, 0.1) is 5.92 Å². The number of aliphatic carboxylic acids is 2. The Balaban J connectivity index is 0.000000506. The largest absolute Gasteiger partial charge is 0.481 e. The Bertz CT molecular complexity index is 483. The maximum atomic E-state index is 10.8. The van der Waals surface area contributed by atoms with Crippen molar-refractivity contribution < 1.29 is 19.8 Å². The molecule has 4 N–H and O–H groups in total. The molecule has 0 spiro atoms. The summed E-state index contributed by atoms with van der Waals surface area (Å²) in [5.41, 5.74) is 7.34. The standard InChI is InChI=1S/C13H18O2.C6H13NO2/c1-9(2)8-11-4-6-12(7-5-11)10(3)13(14)15;7-5-3-1-2-4-6(8)9/h4-7,9-10H,8H2,1-3H3,(H,14,15);1-5,7H2,(H,8,9). The zero-order chi connectivity index (χ0) is 18.5. The summed E-state index contributed by atoms with van der Waals surface area (Å²) in [6.45, 7) is 6.72. The van der Waals surface area contributed by atoms with E-state index < -0.39 is 17.9 Å². The highest BCUT2D eigenvalue weighted by Gasteiger charge is 2.12. The zero-order valence-corrected chi connectivity index (χ0v) is 15.0. The first-order valence-corrected chi connectivity index (χ1v) is 8.51. The van der Waals surface area contributed by atoms with Crippen molar-refractivity contribution in [1.82, 2.24) is 0 Å². The number of unbranched alkanes of at least 4 members (excludes halogenated alkanes) is 2. The lowest BCUT2D eigenvalue weighted by Gasteiger charge is -2.09. The molecule has 24 heavy (non-hydrogen) atoms. The van der Waals surface area contributed by atoms with Crippen LogP contribution in [0.3, 0.4) is 0 Å². The number of nitrogens with two attached hydrogens (primary N) is 1. The Labute approximate surface area is 144 Å². The predicted octanol–water partition coefficient (Wildman–Crippen LogP) is 3.66. The van der Waals surface area contributed by atoms with Crippen molar-refractivity contribution in [3.63, 3.8) is 0 Å². The van der Waals surface area contributed by atoms with Gasteiger partial charge < -0.3 is 15.9 Å². The van der Waals surface area contributed by atoms with Crippen LogP contribution in [0.15, 0.2) is 24.3 Å². The molecule has 0 saturated heterocycles. The molecule has 1 unspecified atom stereocenters. The van der Waals surface area contributed by atoms with Gasteiger partial charge in [0.15, 0.2) is 0 Å². The van der Waals surface area contributed by atoms with E-state index in [1.54, 1.807) is 6.92 Å². The molecule has 0 bridgehead atoms. The molecule has 1 rings (SSSR count). The molecule has 0 amide bonds. The molecule has 5 nitrogen and oxygen atoms in total. The van der Waals surface area contributed by atoms with E-state index >= 15 is 0 Å². The van der Waals surface area contributed by atoms with E-state index in [4.69, 9.17) is 15.9 Å². The Morgan fingerprint density at radius 3 is 2.00 bits per heavy atom. The lowest BCUT2D eigenvalue weighted by Crippen LogP contribution is -2.07. The van der Waals surface area contributed by atoms with E-state index in [-0.39, 0.29) is 6.42 Å².